The summed E-state index contributed by atoms with van der Waals surface area (Å²) in [6.45, 7) is 6.09. The number of methoxy groups -OCH3 is 3. The predicted octanol–water partition coefficient (Wildman–Crippen LogP) is -2.15. The van der Waals surface area contributed by atoms with E-state index in [2.05, 4.69) is 36.8 Å². The zero-order chi connectivity index (χ0) is 71.8. The van der Waals surface area contributed by atoms with Gasteiger partial charge in [0.15, 0.2) is 24.6 Å². The van der Waals surface area contributed by atoms with Crippen molar-refractivity contribution >= 4 is 58.8 Å². The highest BCUT2D eigenvalue weighted by molar-refractivity contribution is 6.31. The first-order valence-corrected chi connectivity index (χ1v) is 33.8. The molecule has 4 heterocycles. The molecule has 8 amide bonds. The molecule has 0 aromatic heterocycles. The van der Waals surface area contributed by atoms with Crippen molar-refractivity contribution in [3.05, 3.63) is 63.7 Å². The number of carbonyl (C=O) groups is 10. The largest absolute Gasteiger partial charge is 0.507 e. The van der Waals surface area contributed by atoms with E-state index in [1.165, 1.54) is 32.4 Å². The molecule has 0 radical (unpaired) electrons. The summed E-state index contributed by atoms with van der Waals surface area (Å²) < 4.78 is 79.4. The van der Waals surface area contributed by atoms with Crippen LogP contribution in [0.25, 0.3) is 0 Å². The number of morpholine rings is 1. The van der Waals surface area contributed by atoms with Gasteiger partial charge in [-0.25, -0.2) is 0 Å². The van der Waals surface area contributed by atoms with E-state index in [0.29, 0.717) is 123 Å². The number of ketones is 2. The smallest absolute Gasteiger partial charge is 0.254 e. The van der Waals surface area contributed by atoms with Crippen LogP contribution in [0.1, 0.15) is 94.5 Å². The average Bonchev–Trinajstić information content (AvgIpc) is 1.32. The standard InChI is InChI=1S/C67H90N8O26/c1-38-61-42(74-11-13-98-65(90-4)64(74)101-61)30-52(99-38)100-45-29-39(28-41-54(45)60(85)56-55(58(41)83)57(82)40-6-5-7-44(89-3)53(40)59(56)84)62(86)73-67-35-66(36-67,37-67)72-49(79)34-70-47(77)32-69-48(78)33-71-63(87)43(75-50(80)8-9-51(75)81)31-68-46(76)10-12-91-16-17-93-20-21-95-24-25-97-27-26-96-23-22-94-19-18-92-15-14-88-2/h5-9,38-39,42-43,45,52,61,64-65,83,85H,10-37H2,1-4H3,(H,68,76)(H,69,78)(H,70,77)(H,71,87)(H,72,79)(H,73,86)/t38-,39?,42-,43?,45-,52-,61+,64+,65-,66?,67?/m0/s1. The minimum atomic E-state index is -1.55. The summed E-state index contributed by atoms with van der Waals surface area (Å²) in [4.78, 5) is 136. The first-order valence-electron chi connectivity index (χ1n) is 33.8. The van der Waals surface area contributed by atoms with E-state index in [4.69, 9.17) is 66.3 Å². The normalized spacial score (nSPS) is 25.5. The van der Waals surface area contributed by atoms with Crippen molar-refractivity contribution in [2.24, 2.45) is 5.92 Å². The molecule has 34 nitrogen and oxygen atoms in total. The second-order valence-corrected chi connectivity index (χ2v) is 25.5. The molecule has 554 valence electrons. The third kappa shape index (κ3) is 18.4. The zero-order valence-electron chi connectivity index (χ0n) is 57.0. The van der Waals surface area contributed by atoms with Crippen molar-refractivity contribution in [2.75, 3.05) is 160 Å². The predicted molar refractivity (Wildman–Crippen MR) is 345 cm³/mol. The fourth-order valence-electron chi connectivity index (χ4n) is 14.1. The molecule has 3 saturated carbocycles. The number of phenolic OH excluding ortho intramolecular Hbond substituents is 2. The van der Waals surface area contributed by atoms with Crippen LogP contribution in [0, 0.1) is 5.92 Å². The van der Waals surface area contributed by atoms with E-state index in [-0.39, 0.29) is 79.2 Å². The van der Waals surface area contributed by atoms with Crippen molar-refractivity contribution in [1.82, 2.24) is 41.7 Å². The molecule has 6 fully saturated rings. The van der Waals surface area contributed by atoms with Crippen molar-refractivity contribution in [3.8, 4) is 17.2 Å². The Labute approximate surface area is 581 Å². The van der Waals surface area contributed by atoms with Crippen LogP contribution in [-0.4, -0.2) is 293 Å². The number of rotatable bonds is 41. The molecule has 0 spiro atoms. The number of ether oxygens (including phenoxy) is 14. The summed E-state index contributed by atoms with van der Waals surface area (Å²) in [5.41, 5.74) is -2.23. The number of nitrogens with zero attached hydrogens (tertiary/aromatic N) is 2. The lowest BCUT2D eigenvalue weighted by molar-refractivity contribution is -0.254. The summed E-state index contributed by atoms with van der Waals surface area (Å²) in [5.74, 6) is -9.09. The van der Waals surface area contributed by atoms with E-state index < -0.39 is 162 Å². The van der Waals surface area contributed by atoms with E-state index >= 15 is 0 Å². The third-order valence-corrected chi connectivity index (χ3v) is 18.7. The molecule has 101 heavy (non-hydrogen) atoms. The number of imide groups is 1. The van der Waals surface area contributed by atoms with Crippen LogP contribution in [0.4, 0.5) is 0 Å². The second-order valence-electron chi connectivity index (χ2n) is 25.5. The van der Waals surface area contributed by atoms with E-state index in [0.717, 1.165) is 12.2 Å². The van der Waals surface area contributed by atoms with Gasteiger partial charge in [0.1, 0.15) is 29.4 Å². The van der Waals surface area contributed by atoms with Gasteiger partial charge in [-0.1, -0.05) is 12.1 Å². The van der Waals surface area contributed by atoms with Crippen molar-refractivity contribution in [1.29, 1.82) is 0 Å². The molecule has 9 atom stereocenters. The number of fused-ring (bicyclic) bond motifs is 6. The van der Waals surface area contributed by atoms with Crippen molar-refractivity contribution in [3.63, 3.8) is 0 Å². The Morgan fingerprint density at radius 2 is 1.20 bits per heavy atom. The fraction of sp³-hybridized carbons (Fsp3) is 0.642. The van der Waals surface area contributed by atoms with Crippen LogP contribution in [-0.2, 0) is 106 Å². The monoisotopic (exact) mass is 1420 g/mol. The molecule has 34 heteroatoms. The average molecular weight is 1420 g/mol. The van der Waals surface area contributed by atoms with Gasteiger partial charge in [0.05, 0.1) is 161 Å². The molecule has 2 aromatic carbocycles. The molecule has 5 aliphatic carbocycles. The van der Waals surface area contributed by atoms with E-state index in [9.17, 15) is 58.2 Å². The number of hydrogen-bond acceptors (Lipinski definition) is 27. The van der Waals surface area contributed by atoms with Gasteiger partial charge in [0.25, 0.3) is 11.8 Å². The quantitative estimate of drug-likeness (QED) is 0.0171. The van der Waals surface area contributed by atoms with Gasteiger partial charge in [-0.3, -0.25) is 57.7 Å². The zero-order valence-corrected chi connectivity index (χ0v) is 57.0. The van der Waals surface area contributed by atoms with Gasteiger partial charge in [-0.2, -0.15) is 0 Å². The highest BCUT2D eigenvalue weighted by Gasteiger charge is 2.69. The summed E-state index contributed by atoms with van der Waals surface area (Å²) in [5, 5.41) is 40.0. The Balaban J connectivity index is 0.618. The SMILES string of the molecule is COCCOCCOCCOCCOCCOCCOCCOCCC(=O)NCC(C(=O)NCC(=O)NCC(=O)NCC(=O)NC12CC(NC(=O)C3Cc4c(O)c5c(c(O)c4[C@@H](O[C@H]4C[C@H]6[C@H](O[C@@H]7[C@@H](OC)OCCN76)[C@H](C)O4)C3)C(=O)c3c(OC)cccc3C5=O)(C1)C2)N1C(=O)C=CC1=O. The minimum Gasteiger partial charge on any atom is -0.507 e. The summed E-state index contributed by atoms with van der Waals surface area (Å²) in [6.07, 6.45) is -1.15. The number of nitrogens with one attached hydrogen (secondary N) is 6. The number of benzene rings is 2. The molecule has 8 N–H and O–H groups in total. The Morgan fingerprint density at radius 3 is 1.79 bits per heavy atom. The molecular formula is C67H90N8O26. The Morgan fingerprint density at radius 1 is 0.634 bits per heavy atom. The van der Waals surface area contributed by atoms with E-state index in [1.54, 1.807) is 7.11 Å². The Bertz CT molecular complexity index is 3350. The summed E-state index contributed by atoms with van der Waals surface area (Å²) in [6, 6.07) is 2.73. The van der Waals surface area contributed by atoms with Crippen LogP contribution in [0.2, 0.25) is 0 Å². The number of carbonyl (C=O) groups excluding carboxylic acids is 10. The number of aromatic hydroxyl groups is 2. The Hall–Kier alpha value is -7.68. The van der Waals surface area contributed by atoms with Crippen LogP contribution in [0.15, 0.2) is 30.4 Å². The number of phenols is 2. The van der Waals surface area contributed by atoms with E-state index in [1.807, 2.05) is 6.92 Å². The molecule has 9 aliphatic rings. The summed E-state index contributed by atoms with van der Waals surface area (Å²) in [7, 11) is 4.49. The maximum Gasteiger partial charge on any atom is 0.254 e. The minimum absolute atomic E-state index is 0.00952. The molecule has 2 aromatic rings. The summed E-state index contributed by atoms with van der Waals surface area (Å²) >= 11 is 0. The lowest BCUT2D eigenvalue weighted by atomic mass is 9.44. The van der Waals surface area contributed by atoms with Gasteiger partial charge in [0, 0.05) is 92.0 Å². The number of hydrogen-bond donors (Lipinski definition) is 8. The lowest BCUT2D eigenvalue weighted by Gasteiger charge is -2.70. The van der Waals surface area contributed by atoms with Crippen molar-refractivity contribution < 1.29 is 124 Å². The topological polar surface area (TPSA) is 419 Å². The number of amides is 8. The molecule has 3 saturated heterocycles. The fourth-order valence-corrected chi connectivity index (χ4v) is 14.1. The van der Waals surface area contributed by atoms with Gasteiger partial charge in [0.2, 0.25) is 41.2 Å². The molecule has 2 bridgehead atoms. The molecular weight excluding hydrogens is 1330 g/mol. The molecule has 11 rings (SSSR count). The van der Waals surface area contributed by atoms with Gasteiger partial charge in [-0.15, -0.1) is 0 Å². The van der Waals surface area contributed by atoms with Crippen molar-refractivity contribution in [2.45, 2.75) is 112 Å². The first-order chi connectivity index (χ1) is 48.8. The van der Waals surface area contributed by atoms with Gasteiger partial charge in [-0.05, 0) is 45.1 Å². The van der Waals surface area contributed by atoms with Crippen LogP contribution in [0.5, 0.6) is 17.2 Å². The maximum atomic E-state index is 14.5. The highest BCUT2D eigenvalue weighted by atomic mass is 16.7. The Kier molecular flexibility index (Phi) is 26.7. The van der Waals surface area contributed by atoms with Crippen LogP contribution >= 0.6 is 0 Å². The van der Waals surface area contributed by atoms with Crippen LogP contribution < -0.4 is 36.6 Å². The van der Waals surface area contributed by atoms with Crippen LogP contribution in [0.3, 0.4) is 0 Å². The second kappa shape index (κ2) is 35.5. The van der Waals surface area contributed by atoms with Gasteiger partial charge >= 0.3 is 0 Å². The molecule has 2 unspecified atom stereocenters. The first kappa shape index (κ1) is 76.0. The highest BCUT2D eigenvalue weighted by Crippen LogP contribution is 2.61. The lowest BCUT2D eigenvalue weighted by Crippen LogP contribution is -2.84. The third-order valence-electron chi connectivity index (χ3n) is 18.7. The van der Waals surface area contributed by atoms with Gasteiger partial charge < -0.3 is 108 Å². The maximum absolute atomic E-state index is 14.5. The molecule has 4 aliphatic heterocycles.